The number of carbonyl (C=O) groups is 1. The summed E-state index contributed by atoms with van der Waals surface area (Å²) in [6.45, 7) is 1.30. The molecule has 0 atom stereocenters. The predicted octanol–water partition coefficient (Wildman–Crippen LogP) is 1.51. The minimum Gasteiger partial charge on any atom is -0.482 e. The van der Waals surface area contributed by atoms with Gasteiger partial charge in [-0.25, -0.2) is 25.4 Å². The number of carbonyl (C=O) groups excluding carboxylic acids is 1. The zero-order valence-corrected chi connectivity index (χ0v) is 19.0. The molecule has 164 valence electrons. The van der Waals surface area contributed by atoms with Crippen LogP contribution in [-0.2, 0) is 24.8 Å². The number of ether oxygens (including phenoxy) is 1. The zero-order valence-electron chi connectivity index (χ0n) is 17.4. The molecule has 2 aromatic rings. The lowest BCUT2D eigenvalue weighted by atomic mass is 10.2. The van der Waals surface area contributed by atoms with Gasteiger partial charge in [-0.15, -0.1) is 0 Å². The number of nitrogens with one attached hydrogen (secondary N) is 1. The quantitative estimate of drug-likeness (QED) is 0.646. The van der Waals surface area contributed by atoms with Gasteiger partial charge in [0.05, 0.1) is 4.90 Å². The van der Waals surface area contributed by atoms with E-state index in [4.69, 9.17) is 4.74 Å². The fourth-order valence-corrected chi connectivity index (χ4v) is 4.48. The van der Waals surface area contributed by atoms with Crippen LogP contribution in [0.1, 0.15) is 5.56 Å². The number of rotatable bonds is 8. The summed E-state index contributed by atoms with van der Waals surface area (Å²) in [5.41, 5.74) is 1.00. The second-order valence-corrected chi connectivity index (χ2v) is 11.2. The topological polar surface area (TPSA) is 113 Å². The summed E-state index contributed by atoms with van der Waals surface area (Å²) in [6.07, 6.45) is 0. The van der Waals surface area contributed by atoms with Crippen LogP contribution < -0.4 is 10.1 Å². The maximum Gasteiger partial charge on any atom is 0.262 e. The Kier molecular flexibility index (Phi) is 7.24. The molecule has 0 spiro atoms. The minimum atomic E-state index is -3.76. The van der Waals surface area contributed by atoms with Gasteiger partial charge in [-0.05, 0) is 42.8 Å². The molecule has 0 bridgehead atoms. The Morgan fingerprint density at radius 1 is 0.933 bits per heavy atom. The highest BCUT2D eigenvalue weighted by Gasteiger charge is 2.23. The first-order valence-electron chi connectivity index (χ1n) is 8.84. The molecule has 0 saturated heterocycles. The highest BCUT2D eigenvalue weighted by atomic mass is 32.2. The summed E-state index contributed by atoms with van der Waals surface area (Å²) in [7, 11) is -1.77. The standard InChI is InChI=1S/C19H25N3O6S2/c1-14-9-10-17(18(11-14)30(26,27)22(4)5)28-13-19(23)20-15-7-6-8-16(12-15)29(24,25)21(2)3/h6-12H,13H2,1-5H3,(H,20,23). The number of aryl methyl sites for hydroxylation is 1. The predicted molar refractivity (Wildman–Crippen MR) is 113 cm³/mol. The van der Waals surface area contributed by atoms with Crippen LogP contribution in [0.3, 0.4) is 0 Å². The van der Waals surface area contributed by atoms with E-state index in [1.807, 2.05) is 0 Å². The molecule has 1 amide bonds. The summed E-state index contributed by atoms with van der Waals surface area (Å²) < 4.78 is 57.1. The zero-order chi connectivity index (χ0) is 22.7. The first kappa shape index (κ1) is 23.8. The lowest BCUT2D eigenvalue weighted by molar-refractivity contribution is -0.118. The third kappa shape index (κ3) is 5.36. The number of benzene rings is 2. The molecule has 0 radical (unpaired) electrons. The van der Waals surface area contributed by atoms with Gasteiger partial charge < -0.3 is 10.1 Å². The minimum absolute atomic E-state index is 0.0316. The van der Waals surface area contributed by atoms with Gasteiger partial charge >= 0.3 is 0 Å². The smallest absolute Gasteiger partial charge is 0.262 e. The van der Waals surface area contributed by atoms with E-state index in [-0.39, 0.29) is 21.2 Å². The normalized spacial score (nSPS) is 12.2. The number of hydrogen-bond acceptors (Lipinski definition) is 6. The Hall–Kier alpha value is -2.47. The van der Waals surface area contributed by atoms with Crippen molar-refractivity contribution in [3.05, 3.63) is 48.0 Å². The van der Waals surface area contributed by atoms with Crippen LogP contribution in [0.25, 0.3) is 0 Å². The van der Waals surface area contributed by atoms with Gasteiger partial charge in [0.2, 0.25) is 20.0 Å². The van der Waals surface area contributed by atoms with E-state index in [2.05, 4.69) is 5.32 Å². The van der Waals surface area contributed by atoms with E-state index in [0.717, 1.165) is 14.2 Å². The number of nitrogens with zero attached hydrogens (tertiary/aromatic N) is 2. The Morgan fingerprint density at radius 3 is 2.17 bits per heavy atom. The monoisotopic (exact) mass is 455 g/mol. The van der Waals surface area contributed by atoms with E-state index in [0.29, 0.717) is 0 Å². The Bertz CT molecular complexity index is 1140. The lowest BCUT2D eigenvalue weighted by Gasteiger charge is -2.16. The van der Waals surface area contributed by atoms with Crippen LogP contribution >= 0.6 is 0 Å². The van der Waals surface area contributed by atoms with Crippen molar-refractivity contribution in [2.45, 2.75) is 16.7 Å². The van der Waals surface area contributed by atoms with Crippen LogP contribution in [0, 0.1) is 6.92 Å². The molecular weight excluding hydrogens is 430 g/mol. The van der Waals surface area contributed by atoms with Crippen LogP contribution in [0.2, 0.25) is 0 Å². The molecule has 0 aliphatic heterocycles. The van der Waals surface area contributed by atoms with Crippen LogP contribution in [0.4, 0.5) is 5.69 Å². The molecule has 9 nitrogen and oxygen atoms in total. The fourth-order valence-electron chi connectivity index (χ4n) is 2.42. The summed E-state index contributed by atoms with van der Waals surface area (Å²) >= 11 is 0. The lowest BCUT2D eigenvalue weighted by Crippen LogP contribution is -2.25. The van der Waals surface area contributed by atoms with Crippen molar-refractivity contribution in [3.63, 3.8) is 0 Å². The van der Waals surface area contributed by atoms with Gasteiger partial charge in [-0.1, -0.05) is 12.1 Å². The molecule has 0 aliphatic carbocycles. The third-order valence-corrected chi connectivity index (χ3v) is 7.76. The van der Waals surface area contributed by atoms with Crippen molar-refractivity contribution in [1.29, 1.82) is 0 Å². The van der Waals surface area contributed by atoms with Crippen molar-refractivity contribution in [2.75, 3.05) is 40.1 Å². The number of anilines is 1. The van der Waals surface area contributed by atoms with Crippen LogP contribution in [0.5, 0.6) is 5.75 Å². The Labute approximate surface area is 177 Å². The van der Waals surface area contributed by atoms with E-state index < -0.39 is 32.6 Å². The Balaban J connectivity index is 2.17. The molecule has 11 heteroatoms. The van der Waals surface area contributed by atoms with E-state index in [1.54, 1.807) is 19.1 Å². The molecule has 2 aromatic carbocycles. The molecule has 2 rings (SSSR count). The molecule has 0 unspecified atom stereocenters. The molecule has 30 heavy (non-hydrogen) atoms. The van der Waals surface area contributed by atoms with E-state index >= 15 is 0 Å². The van der Waals surface area contributed by atoms with Crippen LogP contribution in [-0.4, -0.2) is 66.2 Å². The van der Waals surface area contributed by atoms with Gasteiger partial charge in [0.25, 0.3) is 5.91 Å². The van der Waals surface area contributed by atoms with Crippen molar-refractivity contribution in [2.24, 2.45) is 0 Å². The first-order chi connectivity index (χ1) is 13.9. The molecule has 0 fully saturated rings. The second kappa shape index (κ2) is 9.13. The third-order valence-electron chi connectivity index (χ3n) is 4.11. The van der Waals surface area contributed by atoms with Crippen molar-refractivity contribution < 1.29 is 26.4 Å². The molecule has 0 heterocycles. The Morgan fingerprint density at radius 2 is 1.57 bits per heavy atom. The fraction of sp³-hybridized carbons (Fsp3) is 0.316. The number of sulfonamides is 2. The number of amides is 1. The summed E-state index contributed by atoms with van der Waals surface area (Å²) in [5.74, 6) is -0.517. The highest BCUT2D eigenvalue weighted by Crippen LogP contribution is 2.27. The maximum atomic E-state index is 12.5. The molecule has 0 aliphatic rings. The van der Waals surface area contributed by atoms with Crippen molar-refractivity contribution >= 4 is 31.6 Å². The molecule has 1 N–H and O–H groups in total. The van der Waals surface area contributed by atoms with Crippen LogP contribution in [0.15, 0.2) is 52.3 Å². The van der Waals surface area contributed by atoms with E-state index in [1.165, 1.54) is 58.5 Å². The highest BCUT2D eigenvalue weighted by molar-refractivity contribution is 7.89. The van der Waals surface area contributed by atoms with Crippen molar-refractivity contribution in [1.82, 2.24) is 8.61 Å². The largest absolute Gasteiger partial charge is 0.482 e. The van der Waals surface area contributed by atoms with Gasteiger partial charge in [0.1, 0.15) is 10.6 Å². The van der Waals surface area contributed by atoms with Gasteiger partial charge in [-0.3, -0.25) is 4.79 Å². The summed E-state index contributed by atoms with van der Waals surface area (Å²) in [5, 5.41) is 2.55. The van der Waals surface area contributed by atoms with Crippen molar-refractivity contribution in [3.8, 4) is 5.75 Å². The second-order valence-electron chi connectivity index (χ2n) is 6.89. The molecular formula is C19H25N3O6S2. The van der Waals surface area contributed by atoms with Gasteiger partial charge in [0, 0.05) is 33.9 Å². The number of hydrogen-bond donors (Lipinski definition) is 1. The average Bonchev–Trinajstić information content (AvgIpc) is 2.66. The van der Waals surface area contributed by atoms with E-state index in [9.17, 15) is 21.6 Å². The van der Waals surface area contributed by atoms with Gasteiger partial charge in [0.15, 0.2) is 6.61 Å². The summed E-state index contributed by atoms with van der Waals surface area (Å²) in [4.78, 5) is 12.3. The SMILES string of the molecule is Cc1ccc(OCC(=O)Nc2cccc(S(=O)(=O)N(C)C)c2)c(S(=O)(=O)N(C)C)c1. The average molecular weight is 456 g/mol. The molecule has 0 saturated carbocycles. The first-order valence-corrected chi connectivity index (χ1v) is 11.7. The van der Waals surface area contributed by atoms with Gasteiger partial charge in [-0.2, -0.15) is 0 Å². The molecule has 0 aromatic heterocycles. The maximum absolute atomic E-state index is 12.5. The summed E-state index contributed by atoms with van der Waals surface area (Å²) in [6, 6.07) is 10.4.